The van der Waals surface area contributed by atoms with Gasteiger partial charge < -0.3 is 5.73 Å². The Bertz CT molecular complexity index is 1100. The molecule has 2 amide bonds. The third kappa shape index (κ3) is 2.34. The van der Waals surface area contributed by atoms with Gasteiger partial charge in [0.1, 0.15) is 5.82 Å². The molecule has 3 aromatic rings. The zero-order valence-electron chi connectivity index (χ0n) is 13.1. The summed E-state index contributed by atoms with van der Waals surface area (Å²) in [7, 11) is 0. The number of thiazole rings is 1. The molecule has 3 N–H and O–H groups in total. The van der Waals surface area contributed by atoms with Crippen LogP contribution in [-0.2, 0) is 0 Å². The van der Waals surface area contributed by atoms with E-state index in [0.29, 0.717) is 5.69 Å². The van der Waals surface area contributed by atoms with Crippen molar-refractivity contribution in [3.05, 3.63) is 62.2 Å². The number of aromatic nitrogens is 2. The van der Waals surface area contributed by atoms with E-state index in [0.717, 1.165) is 22.3 Å². The van der Waals surface area contributed by atoms with E-state index < -0.39 is 17.4 Å². The van der Waals surface area contributed by atoms with Crippen molar-refractivity contribution in [1.82, 2.24) is 14.9 Å². The molecule has 0 aliphatic carbocycles. The van der Waals surface area contributed by atoms with Crippen molar-refractivity contribution < 1.29 is 9.59 Å². The lowest BCUT2D eigenvalue weighted by atomic mass is 10.1. The zero-order valence-corrected chi connectivity index (χ0v) is 13.9. The van der Waals surface area contributed by atoms with Gasteiger partial charge in [-0.3, -0.25) is 24.3 Å². The Morgan fingerprint density at radius 3 is 2.48 bits per heavy atom. The molecule has 0 fully saturated rings. The largest absolute Gasteiger partial charge is 0.384 e. The molecule has 7 nitrogen and oxygen atoms in total. The second-order valence-electron chi connectivity index (χ2n) is 5.57. The number of rotatable bonds is 2. The second-order valence-corrected chi connectivity index (χ2v) is 6.64. The third-order valence-corrected chi connectivity index (χ3v) is 4.77. The van der Waals surface area contributed by atoms with Gasteiger partial charge in [-0.2, -0.15) is 0 Å². The van der Waals surface area contributed by atoms with Crippen LogP contribution in [0.25, 0.3) is 16.9 Å². The first-order chi connectivity index (χ1) is 12.0. The Kier molecular flexibility index (Phi) is 3.29. The normalized spacial score (nSPS) is 13.0. The monoisotopic (exact) mass is 352 g/mol. The number of pyridine rings is 1. The lowest BCUT2D eigenvalue weighted by molar-refractivity contribution is 0.0880. The summed E-state index contributed by atoms with van der Waals surface area (Å²) in [6.07, 6.45) is 0. The van der Waals surface area contributed by atoms with Gasteiger partial charge in [0.2, 0.25) is 0 Å². The smallest absolute Gasteiger partial charge is 0.262 e. The summed E-state index contributed by atoms with van der Waals surface area (Å²) in [6, 6.07) is 8.23. The molecule has 0 unspecified atom stereocenters. The number of fused-ring (bicyclic) bond motifs is 1. The van der Waals surface area contributed by atoms with Crippen molar-refractivity contribution in [1.29, 1.82) is 0 Å². The van der Waals surface area contributed by atoms with E-state index >= 15 is 0 Å². The van der Waals surface area contributed by atoms with Gasteiger partial charge in [0.15, 0.2) is 0 Å². The van der Waals surface area contributed by atoms with Crippen molar-refractivity contribution in [3.8, 4) is 16.9 Å². The minimum absolute atomic E-state index is 0.0123. The average molecular weight is 352 g/mol. The molecule has 1 aromatic carbocycles. The molecule has 2 aromatic heterocycles. The van der Waals surface area contributed by atoms with Gasteiger partial charge in [-0.1, -0.05) is 12.1 Å². The summed E-state index contributed by atoms with van der Waals surface area (Å²) in [4.78, 5) is 40.4. The van der Waals surface area contributed by atoms with Crippen LogP contribution in [0.3, 0.4) is 0 Å². The number of amides is 2. The molecule has 0 atom stereocenters. The molecule has 0 saturated heterocycles. The van der Waals surface area contributed by atoms with Crippen molar-refractivity contribution in [2.24, 2.45) is 0 Å². The molecule has 0 spiro atoms. The lowest BCUT2D eigenvalue weighted by Gasteiger charge is -2.12. The van der Waals surface area contributed by atoms with E-state index in [1.165, 1.54) is 4.57 Å². The first kappa shape index (κ1) is 15.3. The molecule has 0 radical (unpaired) electrons. The number of nitrogens with one attached hydrogen (secondary N) is 1. The highest BCUT2D eigenvalue weighted by Gasteiger charge is 2.31. The highest BCUT2D eigenvalue weighted by molar-refractivity contribution is 7.09. The molecule has 0 bridgehead atoms. The molecule has 124 valence electrons. The van der Waals surface area contributed by atoms with E-state index in [1.807, 2.05) is 24.4 Å². The first-order valence-electron chi connectivity index (χ1n) is 7.40. The van der Waals surface area contributed by atoms with Crippen LogP contribution in [-0.4, -0.2) is 21.4 Å². The van der Waals surface area contributed by atoms with Gasteiger partial charge in [0.25, 0.3) is 17.4 Å². The highest BCUT2D eigenvalue weighted by Crippen LogP contribution is 2.25. The molecular formula is C17H12N4O3S. The molecule has 25 heavy (non-hydrogen) atoms. The Balaban J connectivity index is 1.83. The summed E-state index contributed by atoms with van der Waals surface area (Å²) < 4.78 is 1.22. The minimum Gasteiger partial charge on any atom is -0.384 e. The fourth-order valence-electron chi connectivity index (χ4n) is 2.82. The maximum atomic E-state index is 12.4. The predicted molar refractivity (Wildman–Crippen MR) is 94.1 cm³/mol. The van der Waals surface area contributed by atoms with E-state index in [2.05, 4.69) is 10.3 Å². The number of aryl methyl sites for hydroxylation is 1. The van der Waals surface area contributed by atoms with Gasteiger partial charge in [0.05, 0.1) is 27.5 Å². The Hall–Kier alpha value is -3.26. The molecule has 8 heteroatoms. The number of nitrogen functional groups attached to an aromatic ring is 1. The number of nitrogens with zero attached hydrogens (tertiary/aromatic N) is 2. The number of hydrogen-bond acceptors (Lipinski definition) is 6. The molecular weight excluding hydrogens is 340 g/mol. The van der Waals surface area contributed by atoms with Crippen LogP contribution in [0.5, 0.6) is 0 Å². The number of anilines is 1. The summed E-state index contributed by atoms with van der Waals surface area (Å²) in [5.41, 5.74) is 7.86. The Morgan fingerprint density at radius 1 is 1.12 bits per heavy atom. The van der Waals surface area contributed by atoms with Crippen molar-refractivity contribution in [2.75, 3.05) is 5.73 Å². The van der Waals surface area contributed by atoms with Crippen LogP contribution < -0.4 is 16.6 Å². The maximum Gasteiger partial charge on any atom is 0.262 e. The van der Waals surface area contributed by atoms with E-state index in [-0.39, 0.29) is 16.9 Å². The number of nitrogens with two attached hydrogens (primary N) is 1. The number of carbonyl (C=O) groups excluding carboxylic acids is 2. The zero-order chi connectivity index (χ0) is 17.7. The standard InChI is InChI=1S/C17H12N4O3S/c1-8-19-12(7-25-8)9-2-4-10(5-3-9)21-13(22)6-11-14(15(21)18)17(24)20-16(11)23/h2-7H,18H2,1H3,(H,20,23,24). The highest BCUT2D eigenvalue weighted by atomic mass is 32.1. The van der Waals surface area contributed by atoms with Gasteiger partial charge in [-0.05, 0) is 19.1 Å². The molecule has 1 aliphatic rings. The quantitative estimate of drug-likeness (QED) is 0.683. The van der Waals surface area contributed by atoms with Crippen molar-refractivity contribution in [3.63, 3.8) is 0 Å². The van der Waals surface area contributed by atoms with Crippen LogP contribution in [0, 0.1) is 6.92 Å². The van der Waals surface area contributed by atoms with E-state index in [4.69, 9.17) is 5.73 Å². The summed E-state index contributed by atoms with van der Waals surface area (Å²) in [5.74, 6) is -1.26. The topological polar surface area (TPSA) is 107 Å². The lowest BCUT2D eigenvalue weighted by Crippen LogP contribution is -2.24. The molecule has 0 saturated carbocycles. The molecule has 1 aliphatic heterocycles. The van der Waals surface area contributed by atoms with Crippen molar-refractivity contribution >= 4 is 29.0 Å². The average Bonchev–Trinajstić information content (AvgIpc) is 3.12. The van der Waals surface area contributed by atoms with E-state index in [9.17, 15) is 14.4 Å². The SMILES string of the molecule is Cc1nc(-c2ccc(-n3c(N)c4c(cc3=O)C(=O)NC4=O)cc2)cs1. The number of hydrogen-bond donors (Lipinski definition) is 2. The van der Waals surface area contributed by atoms with Crippen LogP contribution in [0.1, 0.15) is 25.7 Å². The van der Waals surface area contributed by atoms with Crippen LogP contribution >= 0.6 is 11.3 Å². The number of imide groups is 1. The van der Waals surface area contributed by atoms with Gasteiger partial charge in [0, 0.05) is 17.0 Å². The summed E-state index contributed by atoms with van der Waals surface area (Å²) in [5, 5.41) is 5.07. The minimum atomic E-state index is -0.606. The third-order valence-electron chi connectivity index (χ3n) is 3.99. The van der Waals surface area contributed by atoms with Crippen LogP contribution in [0.2, 0.25) is 0 Å². The summed E-state index contributed by atoms with van der Waals surface area (Å²) in [6.45, 7) is 1.93. The second kappa shape index (κ2) is 5.38. The fourth-order valence-corrected chi connectivity index (χ4v) is 3.44. The first-order valence-corrected chi connectivity index (χ1v) is 8.28. The van der Waals surface area contributed by atoms with Gasteiger partial charge in [-0.15, -0.1) is 11.3 Å². The van der Waals surface area contributed by atoms with Crippen LogP contribution in [0.15, 0.2) is 40.5 Å². The molecule has 3 heterocycles. The van der Waals surface area contributed by atoms with Crippen LogP contribution in [0.4, 0.5) is 5.82 Å². The van der Waals surface area contributed by atoms with E-state index in [1.54, 1.807) is 23.5 Å². The fraction of sp³-hybridized carbons (Fsp3) is 0.0588. The number of carbonyl (C=O) groups is 2. The Morgan fingerprint density at radius 2 is 1.84 bits per heavy atom. The van der Waals surface area contributed by atoms with Gasteiger partial charge >= 0.3 is 0 Å². The van der Waals surface area contributed by atoms with Gasteiger partial charge in [-0.25, -0.2) is 4.98 Å². The summed E-state index contributed by atoms with van der Waals surface area (Å²) >= 11 is 1.56. The van der Waals surface area contributed by atoms with Crippen molar-refractivity contribution in [2.45, 2.75) is 6.92 Å². The molecule has 4 rings (SSSR count). The number of benzene rings is 1. The Labute approximate surface area is 145 Å². The predicted octanol–water partition coefficient (Wildman–Crippen LogP) is 1.74. The maximum absolute atomic E-state index is 12.4.